The molecule has 4 aromatic heterocycles. The number of nitrogens with one attached hydrogen (secondary N) is 1. The second-order valence-corrected chi connectivity index (χ2v) is 11.5. The van der Waals surface area contributed by atoms with Crippen LogP contribution in [0, 0.1) is 5.92 Å². The maximum absolute atomic E-state index is 13.5. The SMILES string of the molecule is COc1cn2nccc2cc1Nc1ncnc2sc3c(c12)CCC(C(=O)N1CCN(CCN(C)C)CC1)C3. The fourth-order valence-corrected chi connectivity index (χ4v) is 6.81. The Morgan fingerprint density at radius 3 is 2.87 bits per heavy atom. The lowest BCUT2D eigenvalue weighted by atomic mass is 9.86. The van der Waals surface area contributed by atoms with Crippen LogP contribution in [0.15, 0.2) is 30.9 Å². The zero-order valence-electron chi connectivity index (χ0n) is 22.2. The molecule has 0 saturated carbocycles. The molecule has 0 spiro atoms. The first-order valence-corrected chi connectivity index (χ1v) is 14.0. The summed E-state index contributed by atoms with van der Waals surface area (Å²) in [5.41, 5.74) is 3.06. The monoisotopic (exact) mass is 534 g/mol. The van der Waals surface area contributed by atoms with Crippen LogP contribution in [0.25, 0.3) is 15.7 Å². The molecule has 1 aliphatic heterocycles. The minimum Gasteiger partial charge on any atom is -0.493 e. The van der Waals surface area contributed by atoms with Gasteiger partial charge >= 0.3 is 0 Å². The largest absolute Gasteiger partial charge is 0.493 e. The van der Waals surface area contributed by atoms with Gasteiger partial charge in [-0.2, -0.15) is 5.10 Å². The molecule has 0 aromatic carbocycles. The Balaban J connectivity index is 1.19. The average Bonchev–Trinajstić information content (AvgIpc) is 3.55. The summed E-state index contributed by atoms with van der Waals surface area (Å²) < 4.78 is 7.40. The van der Waals surface area contributed by atoms with Gasteiger partial charge in [0.25, 0.3) is 0 Å². The molecule has 6 rings (SSSR count). The first kappa shape index (κ1) is 25.0. The molecule has 2 aliphatic rings. The van der Waals surface area contributed by atoms with E-state index in [9.17, 15) is 4.79 Å². The Hall–Kier alpha value is -3.28. The van der Waals surface area contributed by atoms with Crippen LogP contribution in [0.2, 0.25) is 0 Å². The highest BCUT2D eigenvalue weighted by atomic mass is 32.1. The number of hydrogen-bond acceptors (Lipinski definition) is 9. The topological polar surface area (TPSA) is 91.1 Å². The van der Waals surface area contributed by atoms with Gasteiger partial charge in [0.1, 0.15) is 17.0 Å². The van der Waals surface area contributed by atoms with Crippen LogP contribution in [0.4, 0.5) is 11.5 Å². The molecule has 0 radical (unpaired) electrons. The lowest BCUT2D eigenvalue weighted by Gasteiger charge is -2.37. The summed E-state index contributed by atoms with van der Waals surface area (Å²) in [7, 11) is 5.86. The van der Waals surface area contributed by atoms with Gasteiger partial charge < -0.3 is 19.9 Å². The molecule has 1 amide bonds. The predicted molar refractivity (Wildman–Crippen MR) is 150 cm³/mol. The molecule has 200 valence electrons. The van der Waals surface area contributed by atoms with E-state index in [1.165, 1.54) is 10.4 Å². The van der Waals surface area contributed by atoms with E-state index >= 15 is 0 Å². The molecule has 1 saturated heterocycles. The molecule has 1 aliphatic carbocycles. The highest BCUT2D eigenvalue weighted by Crippen LogP contribution is 2.41. The molecule has 10 nitrogen and oxygen atoms in total. The maximum Gasteiger partial charge on any atom is 0.226 e. The van der Waals surface area contributed by atoms with Gasteiger partial charge in [-0.25, -0.2) is 14.5 Å². The minimum absolute atomic E-state index is 0.0395. The van der Waals surface area contributed by atoms with Crippen molar-refractivity contribution in [1.29, 1.82) is 0 Å². The van der Waals surface area contributed by atoms with E-state index in [2.05, 4.69) is 49.2 Å². The Morgan fingerprint density at radius 2 is 2.08 bits per heavy atom. The number of aromatic nitrogens is 4. The van der Waals surface area contributed by atoms with E-state index in [-0.39, 0.29) is 5.92 Å². The van der Waals surface area contributed by atoms with Gasteiger partial charge in [-0.05, 0) is 51.1 Å². The third-order valence-corrected chi connectivity index (χ3v) is 8.88. The van der Waals surface area contributed by atoms with Crippen molar-refractivity contribution in [3.63, 3.8) is 0 Å². The standard InChI is InChI=1S/C27H34N8O2S/c1-32(2)8-9-33-10-12-34(13-11-33)27(36)18-4-5-20-23(14-18)38-26-24(20)25(28-17-29-26)31-21-15-19-6-7-30-35(19)16-22(21)37-3/h6-7,15-18H,4-5,8-14H2,1-3H3,(H,28,29,31). The number of carbonyl (C=O) groups excluding carboxylic acids is 1. The Kier molecular flexibility index (Phi) is 6.89. The van der Waals surface area contributed by atoms with Crippen LogP contribution in [-0.2, 0) is 17.6 Å². The van der Waals surface area contributed by atoms with Gasteiger partial charge in [0.15, 0.2) is 5.75 Å². The Bertz CT molecular complexity index is 1460. The minimum atomic E-state index is 0.0395. The van der Waals surface area contributed by atoms with Crippen LogP contribution in [0.5, 0.6) is 5.75 Å². The second kappa shape index (κ2) is 10.5. The van der Waals surface area contributed by atoms with Gasteiger partial charge in [-0.3, -0.25) is 9.69 Å². The Labute approximate surface area is 226 Å². The third kappa shape index (κ3) is 4.81. The van der Waals surface area contributed by atoms with Crippen molar-refractivity contribution in [2.45, 2.75) is 19.3 Å². The van der Waals surface area contributed by atoms with Crippen molar-refractivity contribution in [3.8, 4) is 5.75 Å². The number of aryl methyl sites for hydroxylation is 1. The summed E-state index contributed by atoms with van der Waals surface area (Å²) in [6.45, 7) is 5.68. The number of anilines is 2. The highest BCUT2D eigenvalue weighted by Gasteiger charge is 2.33. The molecule has 1 unspecified atom stereocenters. The first-order chi connectivity index (χ1) is 18.5. The van der Waals surface area contributed by atoms with Crippen LogP contribution in [0.3, 0.4) is 0 Å². The van der Waals surface area contributed by atoms with Crippen molar-refractivity contribution in [1.82, 2.24) is 34.3 Å². The lowest BCUT2D eigenvalue weighted by Crippen LogP contribution is -2.51. The number of pyridine rings is 1. The molecule has 38 heavy (non-hydrogen) atoms. The zero-order chi connectivity index (χ0) is 26.2. The van der Waals surface area contributed by atoms with E-state index in [1.807, 2.05) is 18.3 Å². The zero-order valence-corrected chi connectivity index (χ0v) is 23.0. The van der Waals surface area contributed by atoms with Gasteiger partial charge in [0.2, 0.25) is 5.91 Å². The quantitative estimate of drug-likeness (QED) is 0.387. The van der Waals surface area contributed by atoms with Gasteiger partial charge in [-0.1, -0.05) is 0 Å². The van der Waals surface area contributed by atoms with E-state index in [0.717, 1.165) is 85.8 Å². The van der Waals surface area contributed by atoms with Crippen LogP contribution < -0.4 is 10.1 Å². The number of fused-ring (bicyclic) bond motifs is 4. The van der Waals surface area contributed by atoms with Crippen LogP contribution in [-0.4, -0.2) is 101 Å². The normalized spacial score (nSPS) is 18.3. The van der Waals surface area contributed by atoms with Gasteiger partial charge in [0, 0.05) is 56.3 Å². The van der Waals surface area contributed by atoms with Crippen molar-refractivity contribution >= 4 is 44.5 Å². The molecule has 0 bridgehead atoms. The first-order valence-electron chi connectivity index (χ1n) is 13.2. The van der Waals surface area contributed by atoms with E-state index < -0.39 is 0 Å². The number of carbonyl (C=O) groups is 1. The molecule has 1 fully saturated rings. The second-order valence-electron chi connectivity index (χ2n) is 10.4. The summed E-state index contributed by atoms with van der Waals surface area (Å²) in [5, 5.41) is 8.85. The number of likely N-dealkylation sites (N-methyl/N-ethyl adjacent to an activating group) is 1. The van der Waals surface area contributed by atoms with E-state index in [4.69, 9.17) is 4.74 Å². The van der Waals surface area contributed by atoms with Gasteiger partial charge in [-0.15, -0.1) is 11.3 Å². The molecule has 1 N–H and O–H groups in total. The number of methoxy groups -OCH3 is 1. The van der Waals surface area contributed by atoms with E-state index in [0.29, 0.717) is 11.7 Å². The number of rotatable bonds is 7. The predicted octanol–water partition coefficient (Wildman–Crippen LogP) is 2.90. The number of piperazine rings is 1. The molecule has 11 heteroatoms. The van der Waals surface area contributed by atoms with Crippen molar-refractivity contribution in [3.05, 3.63) is 41.3 Å². The fourth-order valence-electron chi connectivity index (χ4n) is 5.54. The summed E-state index contributed by atoms with van der Waals surface area (Å²) in [5.74, 6) is 1.80. The third-order valence-electron chi connectivity index (χ3n) is 7.71. The molecule has 4 aromatic rings. The average molecular weight is 535 g/mol. The molecule has 5 heterocycles. The number of amides is 1. The van der Waals surface area contributed by atoms with Crippen molar-refractivity contribution < 1.29 is 9.53 Å². The van der Waals surface area contributed by atoms with E-state index in [1.54, 1.807) is 35.5 Å². The molecule has 1 atom stereocenters. The highest BCUT2D eigenvalue weighted by molar-refractivity contribution is 7.19. The fraction of sp³-hybridized carbons (Fsp3) is 0.481. The van der Waals surface area contributed by atoms with Crippen LogP contribution in [0.1, 0.15) is 16.9 Å². The number of nitrogens with zero attached hydrogens (tertiary/aromatic N) is 7. The summed E-state index contributed by atoms with van der Waals surface area (Å²) >= 11 is 1.70. The van der Waals surface area contributed by atoms with Crippen molar-refractivity contribution in [2.24, 2.45) is 5.92 Å². The molecular formula is C27H34N8O2S. The number of hydrogen-bond donors (Lipinski definition) is 1. The number of ether oxygens (including phenoxy) is 1. The summed E-state index contributed by atoms with van der Waals surface area (Å²) in [4.78, 5) is 31.6. The van der Waals surface area contributed by atoms with Crippen LogP contribution >= 0.6 is 11.3 Å². The summed E-state index contributed by atoms with van der Waals surface area (Å²) in [6.07, 6.45) is 7.72. The maximum atomic E-state index is 13.5. The Morgan fingerprint density at radius 1 is 1.24 bits per heavy atom. The van der Waals surface area contributed by atoms with Crippen molar-refractivity contribution in [2.75, 3.05) is 65.8 Å². The smallest absolute Gasteiger partial charge is 0.226 e. The summed E-state index contributed by atoms with van der Waals surface area (Å²) in [6, 6.07) is 3.96. The lowest BCUT2D eigenvalue weighted by molar-refractivity contribution is -0.137. The van der Waals surface area contributed by atoms with Gasteiger partial charge in [0.05, 0.1) is 29.9 Å². The molecular weight excluding hydrogens is 500 g/mol. The number of thiophene rings is 1.